The molecule has 0 aliphatic carbocycles. The lowest BCUT2D eigenvalue weighted by Crippen LogP contribution is -2.11. The second-order valence-electron chi connectivity index (χ2n) is 7.43. The molecular weight excluding hydrogens is 328 g/mol. The summed E-state index contributed by atoms with van der Waals surface area (Å²) in [6.07, 6.45) is 1.92. The minimum atomic E-state index is -0.984. The van der Waals surface area contributed by atoms with Crippen molar-refractivity contribution in [1.82, 2.24) is 9.38 Å². The highest BCUT2D eigenvalue weighted by atomic mass is 16.4. The number of pyridine rings is 1. The zero-order valence-electron chi connectivity index (χ0n) is 15.6. The maximum atomic E-state index is 11.2. The van der Waals surface area contributed by atoms with Crippen LogP contribution < -0.4 is 0 Å². The Balaban J connectivity index is 2.17. The lowest BCUT2D eigenvalue weighted by Gasteiger charge is -2.15. The molecule has 0 unspecified atom stereocenters. The second-order valence-corrected chi connectivity index (χ2v) is 7.43. The Morgan fingerprint density at radius 1 is 1.12 bits per heavy atom. The largest absolute Gasteiger partial charge is 0.478 e. The van der Waals surface area contributed by atoms with Gasteiger partial charge < -0.3 is 5.11 Å². The van der Waals surface area contributed by atoms with Crippen molar-refractivity contribution in [2.75, 3.05) is 0 Å². The van der Waals surface area contributed by atoms with Crippen LogP contribution in [0.3, 0.4) is 0 Å². The van der Waals surface area contributed by atoms with E-state index in [0.29, 0.717) is 11.5 Å². The van der Waals surface area contributed by atoms with Crippen LogP contribution in [0.5, 0.6) is 0 Å². The number of nitrogens with zero attached hydrogens (tertiary/aromatic N) is 4. The van der Waals surface area contributed by atoms with Crippen LogP contribution in [0.2, 0.25) is 0 Å². The maximum absolute atomic E-state index is 11.2. The molecule has 0 bridgehead atoms. The summed E-state index contributed by atoms with van der Waals surface area (Å²) >= 11 is 0. The van der Waals surface area contributed by atoms with Crippen LogP contribution in [0, 0.1) is 13.8 Å². The summed E-state index contributed by atoms with van der Waals surface area (Å²) in [5.74, 6) is -0.321. The summed E-state index contributed by atoms with van der Waals surface area (Å²) < 4.78 is 1.93. The van der Waals surface area contributed by atoms with Gasteiger partial charge in [-0.15, -0.1) is 10.2 Å². The highest BCUT2D eigenvalue weighted by Gasteiger charge is 2.24. The van der Waals surface area contributed by atoms with Crippen molar-refractivity contribution < 1.29 is 9.90 Å². The van der Waals surface area contributed by atoms with Gasteiger partial charge in [0.2, 0.25) is 0 Å². The number of carbonyl (C=O) groups is 1. The van der Waals surface area contributed by atoms with Gasteiger partial charge in [-0.2, -0.15) is 0 Å². The van der Waals surface area contributed by atoms with Gasteiger partial charge >= 0.3 is 5.97 Å². The predicted octanol–water partition coefficient (Wildman–Crippen LogP) is 5.36. The van der Waals surface area contributed by atoms with Crippen molar-refractivity contribution in [3.8, 4) is 0 Å². The first kappa shape index (κ1) is 17.8. The van der Waals surface area contributed by atoms with Crippen LogP contribution in [0.25, 0.3) is 5.65 Å². The summed E-state index contributed by atoms with van der Waals surface area (Å²) in [5, 5.41) is 18.0. The summed E-state index contributed by atoms with van der Waals surface area (Å²) in [7, 11) is 0. The van der Waals surface area contributed by atoms with Crippen molar-refractivity contribution >= 4 is 23.1 Å². The highest BCUT2D eigenvalue weighted by Crippen LogP contribution is 2.34. The zero-order valence-corrected chi connectivity index (χ0v) is 15.6. The molecule has 1 N–H and O–H groups in total. The van der Waals surface area contributed by atoms with E-state index in [0.717, 1.165) is 22.5 Å². The van der Waals surface area contributed by atoms with Gasteiger partial charge in [0, 0.05) is 11.6 Å². The van der Waals surface area contributed by atoms with Gasteiger partial charge in [-0.05, 0) is 43.2 Å². The maximum Gasteiger partial charge on any atom is 0.335 e. The number of hydrogen-bond donors (Lipinski definition) is 1. The summed E-state index contributed by atoms with van der Waals surface area (Å²) in [5.41, 5.74) is 4.14. The number of fused-ring (bicyclic) bond motifs is 1. The standard InChI is InChI=1S/C20H22N4O2/c1-12-8-9-14(19(25)26)11-15(12)22-23-18-16(20(3,4)5)21-17-13(2)7-6-10-24(17)18/h6-11H,1-5H3,(H,25,26). The smallest absolute Gasteiger partial charge is 0.335 e. The Morgan fingerprint density at radius 3 is 2.50 bits per heavy atom. The Labute approximate surface area is 152 Å². The van der Waals surface area contributed by atoms with Crippen molar-refractivity contribution in [2.45, 2.75) is 40.0 Å². The third-order valence-corrected chi connectivity index (χ3v) is 4.24. The normalized spacial score (nSPS) is 12.2. The molecule has 134 valence electrons. The molecule has 6 heteroatoms. The first-order valence-corrected chi connectivity index (χ1v) is 8.42. The summed E-state index contributed by atoms with van der Waals surface area (Å²) in [4.78, 5) is 16.0. The number of aromatic nitrogens is 2. The minimum absolute atomic E-state index is 0.189. The fourth-order valence-corrected chi connectivity index (χ4v) is 2.74. The number of carboxylic acids is 1. The predicted molar refractivity (Wildman–Crippen MR) is 101 cm³/mol. The number of aryl methyl sites for hydroxylation is 2. The van der Waals surface area contributed by atoms with E-state index in [9.17, 15) is 9.90 Å². The Kier molecular flexibility index (Phi) is 4.36. The molecule has 1 aromatic carbocycles. The molecule has 0 saturated carbocycles. The van der Waals surface area contributed by atoms with Crippen molar-refractivity contribution in [3.63, 3.8) is 0 Å². The molecule has 0 aliphatic rings. The Hall–Kier alpha value is -3.02. The van der Waals surface area contributed by atoms with Crippen LogP contribution in [0.4, 0.5) is 11.5 Å². The number of imidazole rings is 1. The number of rotatable bonds is 3. The van der Waals surface area contributed by atoms with Gasteiger partial charge in [-0.25, -0.2) is 9.78 Å². The fourth-order valence-electron chi connectivity index (χ4n) is 2.74. The van der Waals surface area contributed by atoms with Gasteiger partial charge in [0.15, 0.2) is 5.82 Å². The quantitative estimate of drug-likeness (QED) is 0.646. The van der Waals surface area contributed by atoms with E-state index in [4.69, 9.17) is 4.98 Å². The topological polar surface area (TPSA) is 79.3 Å². The van der Waals surface area contributed by atoms with E-state index < -0.39 is 5.97 Å². The van der Waals surface area contributed by atoms with E-state index in [-0.39, 0.29) is 11.0 Å². The second kappa shape index (κ2) is 6.37. The number of aromatic carboxylic acids is 1. The van der Waals surface area contributed by atoms with Gasteiger partial charge in [-0.3, -0.25) is 4.40 Å². The summed E-state index contributed by atoms with van der Waals surface area (Å²) in [6.45, 7) is 10.1. The molecule has 3 aromatic rings. The highest BCUT2D eigenvalue weighted by molar-refractivity contribution is 5.88. The van der Waals surface area contributed by atoms with E-state index in [1.54, 1.807) is 12.1 Å². The molecule has 3 rings (SSSR count). The molecule has 2 aromatic heterocycles. The van der Waals surface area contributed by atoms with E-state index in [1.165, 1.54) is 6.07 Å². The fraction of sp³-hybridized carbons (Fsp3) is 0.300. The Bertz CT molecular complexity index is 1030. The molecule has 0 fully saturated rings. The van der Waals surface area contributed by atoms with Crippen molar-refractivity contribution in [3.05, 3.63) is 58.9 Å². The number of carboxylic acid groups (broad SMARTS) is 1. The number of azo groups is 1. The van der Waals surface area contributed by atoms with Gasteiger partial charge in [0.1, 0.15) is 5.65 Å². The third kappa shape index (κ3) is 3.22. The van der Waals surface area contributed by atoms with Crippen LogP contribution in [0.1, 0.15) is 48.0 Å². The van der Waals surface area contributed by atoms with Crippen LogP contribution in [-0.4, -0.2) is 20.5 Å². The molecule has 6 nitrogen and oxygen atoms in total. The van der Waals surface area contributed by atoms with Crippen LogP contribution >= 0.6 is 0 Å². The molecule has 26 heavy (non-hydrogen) atoms. The zero-order chi connectivity index (χ0) is 19.1. The number of benzene rings is 1. The first-order chi connectivity index (χ1) is 12.2. The van der Waals surface area contributed by atoms with Crippen molar-refractivity contribution in [2.24, 2.45) is 10.2 Å². The third-order valence-electron chi connectivity index (χ3n) is 4.24. The summed E-state index contributed by atoms with van der Waals surface area (Å²) in [6, 6.07) is 8.80. The van der Waals surface area contributed by atoms with Gasteiger partial charge in [-0.1, -0.05) is 32.9 Å². The molecule has 0 saturated heterocycles. The monoisotopic (exact) mass is 350 g/mol. The van der Waals surface area contributed by atoms with Crippen LogP contribution in [-0.2, 0) is 5.41 Å². The molecule has 2 heterocycles. The van der Waals surface area contributed by atoms with Crippen molar-refractivity contribution in [1.29, 1.82) is 0 Å². The first-order valence-electron chi connectivity index (χ1n) is 8.42. The molecule has 0 amide bonds. The molecular formula is C20H22N4O2. The van der Waals surface area contributed by atoms with Gasteiger partial charge in [0.05, 0.1) is 16.9 Å². The SMILES string of the molecule is Cc1ccc(C(=O)O)cc1N=Nc1c(C(C)(C)C)nc2c(C)cccn12. The Morgan fingerprint density at radius 2 is 1.85 bits per heavy atom. The average molecular weight is 350 g/mol. The lowest BCUT2D eigenvalue weighted by atomic mass is 9.92. The molecule has 0 aliphatic heterocycles. The molecule has 0 radical (unpaired) electrons. The average Bonchev–Trinajstić information content (AvgIpc) is 2.94. The van der Waals surface area contributed by atoms with E-state index in [2.05, 4.69) is 31.0 Å². The minimum Gasteiger partial charge on any atom is -0.478 e. The molecule has 0 spiro atoms. The van der Waals surface area contributed by atoms with E-state index >= 15 is 0 Å². The lowest BCUT2D eigenvalue weighted by molar-refractivity contribution is 0.0697. The van der Waals surface area contributed by atoms with E-state index in [1.807, 2.05) is 36.6 Å². The number of hydrogen-bond acceptors (Lipinski definition) is 4. The van der Waals surface area contributed by atoms with Crippen LogP contribution in [0.15, 0.2) is 46.8 Å². The molecule has 0 atom stereocenters. The van der Waals surface area contributed by atoms with Gasteiger partial charge in [0.25, 0.3) is 0 Å².